The Hall–Kier alpha value is -1.76. The van der Waals surface area contributed by atoms with E-state index >= 15 is 0 Å². The van der Waals surface area contributed by atoms with Crippen LogP contribution in [0.4, 0.5) is 5.69 Å². The minimum atomic E-state index is 0.357. The number of ether oxygens (including phenoxy) is 1. The second-order valence-corrected chi connectivity index (χ2v) is 3.44. The summed E-state index contributed by atoms with van der Waals surface area (Å²) in [5, 5.41) is 8.78. The molecule has 4 nitrogen and oxygen atoms in total. The zero-order valence-electron chi connectivity index (χ0n) is 8.32. The highest BCUT2D eigenvalue weighted by Gasteiger charge is 2.06. The van der Waals surface area contributed by atoms with E-state index in [0.717, 1.165) is 0 Å². The molecule has 0 saturated carbocycles. The van der Waals surface area contributed by atoms with Crippen molar-refractivity contribution in [2.75, 3.05) is 12.3 Å². The van der Waals surface area contributed by atoms with Gasteiger partial charge in [-0.25, -0.2) is 4.98 Å². The molecule has 2 N–H and O–H groups in total. The molecular formula is C10H13N3O. The van der Waals surface area contributed by atoms with Gasteiger partial charge in [-0.3, -0.25) is 0 Å². The average Bonchev–Trinajstić information content (AvgIpc) is 2.15. The maximum atomic E-state index is 8.78. The van der Waals surface area contributed by atoms with Gasteiger partial charge in [-0.2, -0.15) is 5.26 Å². The first-order valence-corrected chi connectivity index (χ1v) is 4.42. The van der Waals surface area contributed by atoms with Crippen molar-refractivity contribution >= 4 is 5.69 Å². The zero-order valence-corrected chi connectivity index (χ0v) is 8.32. The van der Waals surface area contributed by atoms with Crippen molar-refractivity contribution in [2.24, 2.45) is 5.92 Å². The first-order chi connectivity index (χ1) is 6.63. The van der Waals surface area contributed by atoms with Crippen LogP contribution >= 0.6 is 0 Å². The molecule has 0 bridgehead atoms. The standard InChI is InChI=1S/C10H13N3O/c1-7(2)6-14-10-8(4-11)3-9(12)5-13-10/h3,5,7H,6,12H2,1-2H3. The van der Waals surface area contributed by atoms with Crippen molar-refractivity contribution in [1.29, 1.82) is 5.26 Å². The molecule has 0 aliphatic heterocycles. The van der Waals surface area contributed by atoms with Crippen LogP contribution in [0.25, 0.3) is 0 Å². The van der Waals surface area contributed by atoms with Crippen LogP contribution in [0.5, 0.6) is 5.88 Å². The molecule has 1 aromatic rings. The van der Waals surface area contributed by atoms with Gasteiger partial charge in [0.15, 0.2) is 0 Å². The topological polar surface area (TPSA) is 71.9 Å². The van der Waals surface area contributed by atoms with E-state index in [1.807, 2.05) is 19.9 Å². The molecule has 1 heterocycles. The van der Waals surface area contributed by atoms with Crippen LogP contribution in [-0.4, -0.2) is 11.6 Å². The Labute approximate surface area is 83.3 Å². The Morgan fingerprint density at radius 3 is 2.93 bits per heavy atom. The summed E-state index contributed by atoms with van der Waals surface area (Å²) in [6.07, 6.45) is 1.48. The van der Waals surface area contributed by atoms with Crippen molar-refractivity contribution in [2.45, 2.75) is 13.8 Å². The van der Waals surface area contributed by atoms with Gasteiger partial charge >= 0.3 is 0 Å². The number of anilines is 1. The summed E-state index contributed by atoms with van der Waals surface area (Å²) >= 11 is 0. The second-order valence-electron chi connectivity index (χ2n) is 3.44. The third-order valence-electron chi connectivity index (χ3n) is 1.55. The third-order valence-corrected chi connectivity index (χ3v) is 1.55. The van der Waals surface area contributed by atoms with Gasteiger partial charge < -0.3 is 10.5 Å². The smallest absolute Gasteiger partial charge is 0.231 e. The molecule has 1 rings (SSSR count). The molecule has 0 aromatic carbocycles. The molecule has 14 heavy (non-hydrogen) atoms. The fourth-order valence-corrected chi connectivity index (χ4v) is 0.909. The molecule has 4 heteroatoms. The summed E-state index contributed by atoms with van der Waals surface area (Å²) in [5.41, 5.74) is 6.34. The molecule has 0 fully saturated rings. The number of nitrogens with zero attached hydrogens (tertiary/aromatic N) is 2. The van der Waals surface area contributed by atoms with Crippen LogP contribution in [-0.2, 0) is 0 Å². The van der Waals surface area contributed by atoms with Gasteiger partial charge in [-0.05, 0) is 12.0 Å². The molecule has 0 radical (unpaired) electrons. The van der Waals surface area contributed by atoms with E-state index in [4.69, 9.17) is 15.7 Å². The minimum absolute atomic E-state index is 0.357. The number of rotatable bonds is 3. The molecule has 74 valence electrons. The molecule has 0 amide bonds. The Morgan fingerprint density at radius 2 is 2.36 bits per heavy atom. The molecular weight excluding hydrogens is 178 g/mol. The van der Waals surface area contributed by atoms with Crippen molar-refractivity contribution in [3.63, 3.8) is 0 Å². The van der Waals surface area contributed by atoms with Crippen molar-refractivity contribution in [3.05, 3.63) is 17.8 Å². The highest BCUT2D eigenvalue weighted by atomic mass is 16.5. The molecule has 1 aromatic heterocycles. The first-order valence-electron chi connectivity index (χ1n) is 4.42. The maximum absolute atomic E-state index is 8.78. The normalized spacial score (nSPS) is 9.86. The molecule has 0 unspecified atom stereocenters. The van der Waals surface area contributed by atoms with E-state index in [-0.39, 0.29) is 0 Å². The zero-order chi connectivity index (χ0) is 10.6. The van der Waals surface area contributed by atoms with Gasteiger partial charge in [0, 0.05) is 0 Å². The van der Waals surface area contributed by atoms with E-state index in [1.54, 1.807) is 6.07 Å². The fourth-order valence-electron chi connectivity index (χ4n) is 0.909. The number of nitriles is 1. The van der Waals surface area contributed by atoms with E-state index in [9.17, 15) is 0 Å². The summed E-state index contributed by atoms with van der Waals surface area (Å²) in [5.74, 6) is 0.760. The first kappa shape index (κ1) is 10.3. The molecule has 0 aliphatic rings. The highest BCUT2D eigenvalue weighted by molar-refractivity contribution is 5.48. The number of nitrogens with two attached hydrogens (primary N) is 1. The lowest BCUT2D eigenvalue weighted by Crippen LogP contribution is -2.07. The van der Waals surface area contributed by atoms with E-state index in [1.165, 1.54) is 6.20 Å². The van der Waals surface area contributed by atoms with Crippen molar-refractivity contribution in [1.82, 2.24) is 4.98 Å². The van der Waals surface area contributed by atoms with Crippen LogP contribution < -0.4 is 10.5 Å². The van der Waals surface area contributed by atoms with Crippen LogP contribution in [0.2, 0.25) is 0 Å². The summed E-state index contributed by atoms with van der Waals surface area (Å²) in [7, 11) is 0. The van der Waals surface area contributed by atoms with Gasteiger partial charge in [-0.1, -0.05) is 13.8 Å². The number of nitrogen functional groups attached to an aromatic ring is 1. The Bertz CT molecular complexity index is 355. The lowest BCUT2D eigenvalue weighted by molar-refractivity contribution is 0.260. The Morgan fingerprint density at radius 1 is 1.64 bits per heavy atom. The van der Waals surface area contributed by atoms with Crippen LogP contribution in [0.15, 0.2) is 12.3 Å². The fraction of sp³-hybridized carbons (Fsp3) is 0.400. The van der Waals surface area contributed by atoms with Crippen LogP contribution in [0.3, 0.4) is 0 Å². The van der Waals surface area contributed by atoms with Crippen LogP contribution in [0.1, 0.15) is 19.4 Å². The Balaban J connectivity index is 2.82. The predicted molar refractivity (Wildman–Crippen MR) is 53.7 cm³/mol. The molecule has 0 aliphatic carbocycles. The SMILES string of the molecule is CC(C)COc1ncc(N)cc1C#N. The number of pyridine rings is 1. The number of aromatic nitrogens is 1. The second kappa shape index (κ2) is 4.47. The summed E-state index contributed by atoms with van der Waals surface area (Å²) in [6, 6.07) is 3.55. The van der Waals surface area contributed by atoms with Gasteiger partial charge in [-0.15, -0.1) is 0 Å². The number of hydrogen-bond acceptors (Lipinski definition) is 4. The van der Waals surface area contributed by atoms with Gasteiger partial charge in [0.1, 0.15) is 11.6 Å². The third kappa shape index (κ3) is 2.63. The van der Waals surface area contributed by atoms with Crippen molar-refractivity contribution < 1.29 is 4.74 Å². The summed E-state index contributed by atoms with van der Waals surface area (Å²) < 4.78 is 5.36. The molecule has 0 spiro atoms. The van der Waals surface area contributed by atoms with Crippen LogP contribution in [0, 0.1) is 17.2 Å². The van der Waals surface area contributed by atoms with Crippen molar-refractivity contribution in [3.8, 4) is 11.9 Å². The largest absolute Gasteiger partial charge is 0.476 e. The summed E-state index contributed by atoms with van der Waals surface area (Å²) in [4.78, 5) is 3.95. The van der Waals surface area contributed by atoms with E-state index in [0.29, 0.717) is 29.7 Å². The van der Waals surface area contributed by atoms with E-state index < -0.39 is 0 Å². The van der Waals surface area contributed by atoms with E-state index in [2.05, 4.69) is 4.98 Å². The maximum Gasteiger partial charge on any atom is 0.231 e. The average molecular weight is 191 g/mol. The lowest BCUT2D eigenvalue weighted by Gasteiger charge is -2.08. The minimum Gasteiger partial charge on any atom is -0.476 e. The van der Waals surface area contributed by atoms with Gasteiger partial charge in [0.2, 0.25) is 5.88 Å². The monoisotopic (exact) mass is 191 g/mol. The molecule has 0 saturated heterocycles. The number of hydrogen-bond donors (Lipinski definition) is 1. The van der Waals surface area contributed by atoms with Gasteiger partial charge in [0.25, 0.3) is 0 Å². The molecule has 0 atom stereocenters. The quantitative estimate of drug-likeness (QED) is 0.787. The summed E-state index contributed by atoms with van der Waals surface area (Å²) in [6.45, 7) is 4.61. The highest BCUT2D eigenvalue weighted by Crippen LogP contribution is 2.17. The Kier molecular flexibility index (Phi) is 3.29. The lowest BCUT2D eigenvalue weighted by atomic mass is 10.2. The van der Waals surface area contributed by atoms with Gasteiger partial charge in [0.05, 0.1) is 18.5 Å². The predicted octanol–water partition coefficient (Wildman–Crippen LogP) is 1.57.